The summed E-state index contributed by atoms with van der Waals surface area (Å²) < 4.78 is 15.6. The summed E-state index contributed by atoms with van der Waals surface area (Å²) in [6.45, 7) is 0.534. The number of thioether (sulfide) groups is 1. The zero-order valence-corrected chi connectivity index (χ0v) is 20.2. The molecular weight excluding hydrogens is 456 g/mol. The third-order valence-electron chi connectivity index (χ3n) is 5.16. The van der Waals surface area contributed by atoms with Crippen molar-refractivity contribution in [1.29, 1.82) is 0 Å². The minimum Gasteiger partial charge on any atom is -0.497 e. The summed E-state index contributed by atoms with van der Waals surface area (Å²) in [5.41, 5.74) is 0.869. The predicted molar refractivity (Wildman–Crippen MR) is 130 cm³/mol. The number of ether oxygens (including phenoxy) is 1. The summed E-state index contributed by atoms with van der Waals surface area (Å²) in [5, 5.41) is 9.72. The fourth-order valence-electron chi connectivity index (χ4n) is 3.27. The molecule has 0 saturated heterocycles. The number of aryl methyl sites for hydroxylation is 1. The van der Waals surface area contributed by atoms with E-state index in [0.29, 0.717) is 31.1 Å². The smallest absolute Gasteiger partial charge is 0.287 e. The summed E-state index contributed by atoms with van der Waals surface area (Å²) in [4.78, 5) is 29.3. The Morgan fingerprint density at radius 1 is 1.15 bits per heavy atom. The van der Waals surface area contributed by atoms with Crippen LogP contribution in [0.1, 0.15) is 42.1 Å². The average Bonchev–Trinajstić information content (AvgIpc) is 3.56. The molecule has 10 heteroatoms. The van der Waals surface area contributed by atoms with E-state index in [1.165, 1.54) is 6.26 Å². The molecule has 2 aromatic heterocycles. The predicted octanol–water partition coefficient (Wildman–Crippen LogP) is 3.72. The molecule has 2 N–H and O–H groups in total. The van der Waals surface area contributed by atoms with Crippen molar-refractivity contribution >= 4 is 23.6 Å². The van der Waals surface area contributed by atoms with Crippen LogP contribution in [0.4, 0.5) is 0 Å². The van der Waals surface area contributed by atoms with Gasteiger partial charge in [0.1, 0.15) is 11.8 Å². The summed E-state index contributed by atoms with van der Waals surface area (Å²) in [6, 6.07) is 10.1. The van der Waals surface area contributed by atoms with Gasteiger partial charge >= 0.3 is 0 Å². The van der Waals surface area contributed by atoms with Gasteiger partial charge in [-0.15, -0.1) is 0 Å². The van der Waals surface area contributed by atoms with Crippen molar-refractivity contribution in [2.45, 2.75) is 38.1 Å². The van der Waals surface area contributed by atoms with Crippen molar-refractivity contribution in [3.63, 3.8) is 0 Å². The zero-order chi connectivity index (χ0) is 24.2. The Kier molecular flexibility index (Phi) is 10.0. The molecule has 0 bridgehead atoms. The Labute approximate surface area is 203 Å². The van der Waals surface area contributed by atoms with Crippen molar-refractivity contribution in [2.75, 3.05) is 25.7 Å². The third-order valence-corrected chi connectivity index (χ3v) is 5.80. The number of methoxy groups -OCH3 is 1. The van der Waals surface area contributed by atoms with E-state index in [1.807, 2.05) is 30.5 Å². The number of carbonyl (C=O) groups excluding carboxylic acids is 2. The lowest BCUT2D eigenvalue weighted by molar-refractivity contribution is -0.123. The van der Waals surface area contributed by atoms with E-state index in [0.717, 1.165) is 36.3 Å². The highest BCUT2D eigenvalue weighted by Gasteiger charge is 2.21. The Morgan fingerprint density at radius 3 is 2.68 bits per heavy atom. The molecule has 1 unspecified atom stereocenters. The molecule has 9 nitrogen and oxygen atoms in total. The van der Waals surface area contributed by atoms with Crippen LogP contribution in [0.5, 0.6) is 5.75 Å². The van der Waals surface area contributed by atoms with Gasteiger partial charge in [0.25, 0.3) is 5.91 Å². The molecular formula is C24H30N4O5S. The van der Waals surface area contributed by atoms with Crippen LogP contribution in [0.3, 0.4) is 0 Å². The number of hydrogen-bond donors (Lipinski definition) is 2. The molecule has 0 aliphatic heterocycles. The van der Waals surface area contributed by atoms with E-state index in [1.54, 1.807) is 31.0 Å². The van der Waals surface area contributed by atoms with Gasteiger partial charge in [0, 0.05) is 18.5 Å². The van der Waals surface area contributed by atoms with E-state index in [-0.39, 0.29) is 17.6 Å². The Morgan fingerprint density at radius 2 is 1.97 bits per heavy atom. The lowest BCUT2D eigenvalue weighted by atomic mass is 10.1. The molecule has 3 rings (SSSR count). The topological polar surface area (TPSA) is 119 Å². The van der Waals surface area contributed by atoms with Crippen LogP contribution in [-0.4, -0.2) is 53.7 Å². The highest BCUT2D eigenvalue weighted by atomic mass is 32.2. The Bertz CT molecular complexity index is 1020. The van der Waals surface area contributed by atoms with Gasteiger partial charge in [0.05, 0.1) is 13.4 Å². The standard InChI is InChI=1S/C24H30N4O5S/c1-31-18-11-9-17(10-12-18)22-27-21(33-28-22)8-4-3-5-14-25-23(29)19(13-16-34-2)26-24(30)20-7-6-15-32-20/h6-7,9-12,15,19H,3-5,8,13-14,16H2,1-2H3,(H,25,29)(H,26,30). The number of unbranched alkanes of at least 4 members (excludes halogenated alkanes) is 2. The van der Waals surface area contributed by atoms with Crippen LogP contribution in [0.2, 0.25) is 0 Å². The molecule has 2 amide bonds. The normalized spacial score (nSPS) is 11.7. The largest absolute Gasteiger partial charge is 0.497 e. The maximum absolute atomic E-state index is 12.6. The van der Waals surface area contributed by atoms with Crippen molar-refractivity contribution in [3.05, 3.63) is 54.3 Å². The molecule has 0 saturated carbocycles. The quantitative estimate of drug-likeness (QED) is 0.331. The molecule has 0 fully saturated rings. The number of nitrogens with zero attached hydrogens (tertiary/aromatic N) is 2. The molecule has 182 valence electrons. The fraction of sp³-hybridized carbons (Fsp3) is 0.417. The molecule has 0 radical (unpaired) electrons. The zero-order valence-electron chi connectivity index (χ0n) is 19.4. The molecule has 0 aliphatic rings. The maximum atomic E-state index is 12.6. The SMILES string of the molecule is COc1ccc(-c2noc(CCCCCNC(=O)C(CCSC)NC(=O)c3ccco3)n2)cc1. The summed E-state index contributed by atoms with van der Waals surface area (Å²) in [5.74, 6) is 2.30. The number of nitrogens with one attached hydrogen (secondary N) is 2. The molecule has 3 aromatic rings. The minimum absolute atomic E-state index is 0.185. The van der Waals surface area contributed by atoms with Gasteiger partial charge in [-0.05, 0) is 67.7 Å². The molecule has 0 aliphatic carbocycles. The molecule has 1 atom stereocenters. The Hall–Kier alpha value is -3.27. The molecule has 1 aromatic carbocycles. The first-order chi connectivity index (χ1) is 16.6. The van der Waals surface area contributed by atoms with Gasteiger partial charge in [-0.1, -0.05) is 11.6 Å². The first kappa shape index (κ1) is 25.4. The van der Waals surface area contributed by atoms with E-state index < -0.39 is 6.04 Å². The van der Waals surface area contributed by atoms with Gasteiger partial charge in [0.2, 0.25) is 17.6 Å². The summed E-state index contributed by atoms with van der Waals surface area (Å²) in [7, 11) is 1.62. The monoisotopic (exact) mass is 486 g/mol. The lowest BCUT2D eigenvalue weighted by Gasteiger charge is -2.17. The van der Waals surface area contributed by atoms with Crippen LogP contribution in [-0.2, 0) is 11.2 Å². The lowest BCUT2D eigenvalue weighted by Crippen LogP contribution is -2.47. The number of rotatable bonds is 14. The van der Waals surface area contributed by atoms with Crippen molar-refractivity contribution < 1.29 is 23.3 Å². The highest BCUT2D eigenvalue weighted by Crippen LogP contribution is 2.20. The molecule has 0 spiro atoms. The number of hydrogen-bond acceptors (Lipinski definition) is 8. The second kappa shape index (κ2) is 13.4. The van der Waals surface area contributed by atoms with E-state index in [9.17, 15) is 9.59 Å². The van der Waals surface area contributed by atoms with Gasteiger partial charge in [-0.25, -0.2) is 0 Å². The van der Waals surface area contributed by atoms with Crippen molar-refractivity contribution in [3.8, 4) is 17.1 Å². The fourth-order valence-corrected chi connectivity index (χ4v) is 3.74. The second-order valence-electron chi connectivity index (χ2n) is 7.63. The summed E-state index contributed by atoms with van der Waals surface area (Å²) in [6.07, 6.45) is 7.19. The van der Waals surface area contributed by atoms with Crippen LogP contribution in [0, 0.1) is 0 Å². The van der Waals surface area contributed by atoms with Crippen LogP contribution in [0.15, 0.2) is 51.6 Å². The number of amides is 2. The number of aromatic nitrogens is 2. The summed E-state index contributed by atoms with van der Waals surface area (Å²) >= 11 is 1.63. The number of furan rings is 1. The highest BCUT2D eigenvalue weighted by molar-refractivity contribution is 7.98. The van der Waals surface area contributed by atoms with Crippen molar-refractivity contribution in [1.82, 2.24) is 20.8 Å². The van der Waals surface area contributed by atoms with Crippen LogP contribution < -0.4 is 15.4 Å². The molecule has 34 heavy (non-hydrogen) atoms. The third kappa shape index (κ3) is 7.65. The average molecular weight is 487 g/mol. The number of benzene rings is 1. The van der Waals surface area contributed by atoms with E-state index in [2.05, 4.69) is 20.8 Å². The first-order valence-electron chi connectivity index (χ1n) is 11.2. The molecule has 2 heterocycles. The van der Waals surface area contributed by atoms with E-state index in [4.69, 9.17) is 13.7 Å². The maximum Gasteiger partial charge on any atom is 0.287 e. The number of carbonyl (C=O) groups is 2. The van der Waals surface area contributed by atoms with E-state index >= 15 is 0 Å². The first-order valence-corrected chi connectivity index (χ1v) is 12.6. The van der Waals surface area contributed by atoms with Crippen molar-refractivity contribution in [2.24, 2.45) is 0 Å². The van der Waals surface area contributed by atoms with Crippen LogP contribution >= 0.6 is 11.8 Å². The minimum atomic E-state index is -0.597. The van der Waals surface area contributed by atoms with Gasteiger partial charge in [0.15, 0.2) is 5.76 Å². The van der Waals surface area contributed by atoms with Gasteiger partial charge in [-0.2, -0.15) is 16.7 Å². The van der Waals surface area contributed by atoms with Gasteiger partial charge < -0.3 is 24.3 Å². The van der Waals surface area contributed by atoms with Crippen LogP contribution in [0.25, 0.3) is 11.4 Å². The van der Waals surface area contributed by atoms with Gasteiger partial charge in [-0.3, -0.25) is 9.59 Å². The second-order valence-corrected chi connectivity index (χ2v) is 8.61. The Balaban J connectivity index is 1.36.